The maximum absolute atomic E-state index is 5.96. The number of rotatable bonds is 7. The van der Waals surface area contributed by atoms with Gasteiger partial charge in [-0.2, -0.15) is 0 Å². The fraction of sp³-hybridized carbons (Fsp3) is 0.474. The SMILES string of the molecule is CNCC(Cc1cccs1)C1CCOc2c1ccc(OC)c2OC. The molecule has 2 unspecified atom stereocenters. The lowest BCUT2D eigenvalue weighted by Crippen LogP contribution is -2.30. The second kappa shape index (κ2) is 7.90. The highest BCUT2D eigenvalue weighted by atomic mass is 32.1. The molecule has 1 aliphatic heterocycles. The molecule has 0 spiro atoms. The fourth-order valence-corrected chi connectivity index (χ4v) is 4.39. The van der Waals surface area contributed by atoms with Gasteiger partial charge in [-0.05, 0) is 55.8 Å². The predicted molar refractivity (Wildman–Crippen MR) is 97.8 cm³/mol. The Morgan fingerprint density at radius 3 is 2.83 bits per heavy atom. The molecule has 0 amide bonds. The molecule has 2 heterocycles. The lowest BCUT2D eigenvalue weighted by molar-refractivity contribution is 0.221. The monoisotopic (exact) mass is 347 g/mol. The Kier molecular flexibility index (Phi) is 5.63. The van der Waals surface area contributed by atoms with Crippen LogP contribution in [0, 0.1) is 5.92 Å². The van der Waals surface area contributed by atoms with Crippen LogP contribution in [0.1, 0.15) is 22.8 Å². The summed E-state index contributed by atoms with van der Waals surface area (Å²) >= 11 is 1.83. The van der Waals surface area contributed by atoms with Crippen molar-refractivity contribution in [3.05, 3.63) is 40.1 Å². The van der Waals surface area contributed by atoms with Crippen LogP contribution < -0.4 is 19.5 Å². The minimum atomic E-state index is 0.447. The summed E-state index contributed by atoms with van der Waals surface area (Å²) in [6, 6.07) is 8.48. The molecule has 0 saturated heterocycles. The number of methoxy groups -OCH3 is 2. The molecule has 2 atom stereocenters. The second-order valence-electron chi connectivity index (χ2n) is 6.06. The first-order valence-corrected chi connectivity index (χ1v) is 9.21. The van der Waals surface area contributed by atoms with Crippen molar-refractivity contribution in [2.75, 3.05) is 34.4 Å². The summed E-state index contributed by atoms with van der Waals surface area (Å²) in [5, 5.41) is 5.52. The summed E-state index contributed by atoms with van der Waals surface area (Å²) in [5.41, 5.74) is 1.23. The molecule has 0 fully saturated rings. The highest BCUT2D eigenvalue weighted by Crippen LogP contribution is 2.48. The van der Waals surface area contributed by atoms with Crippen molar-refractivity contribution in [1.82, 2.24) is 5.32 Å². The summed E-state index contributed by atoms with van der Waals surface area (Å²) in [7, 11) is 5.35. The third-order valence-electron chi connectivity index (χ3n) is 4.68. The molecule has 5 heteroatoms. The predicted octanol–water partition coefficient (Wildman–Crippen LogP) is 3.71. The molecule has 3 rings (SSSR count). The first kappa shape index (κ1) is 17.1. The summed E-state index contributed by atoms with van der Waals surface area (Å²) in [6.07, 6.45) is 2.11. The molecule has 130 valence electrons. The van der Waals surface area contributed by atoms with Crippen LogP contribution in [-0.2, 0) is 6.42 Å². The number of nitrogens with one attached hydrogen (secondary N) is 1. The number of hydrogen-bond donors (Lipinski definition) is 1. The van der Waals surface area contributed by atoms with Crippen molar-refractivity contribution in [1.29, 1.82) is 0 Å². The number of fused-ring (bicyclic) bond motifs is 1. The van der Waals surface area contributed by atoms with Gasteiger partial charge in [0.05, 0.1) is 20.8 Å². The molecule has 0 saturated carbocycles. The molecule has 0 radical (unpaired) electrons. The van der Waals surface area contributed by atoms with Crippen LogP contribution in [0.25, 0.3) is 0 Å². The van der Waals surface area contributed by atoms with E-state index in [1.54, 1.807) is 14.2 Å². The largest absolute Gasteiger partial charge is 0.493 e. The van der Waals surface area contributed by atoms with Crippen molar-refractivity contribution >= 4 is 11.3 Å². The van der Waals surface area contributed by atoms with Crippen molar-refractivity contribution in [3.8, 4) is 17.2 Å². The van der Waals surface area contributed by atoms with E-state index in [9.17, 15) is 0 Å². The van der Waals surface area contributed by atoms with Gasteiger partial charge in [0.2, 0.25) is 5.75 Å². The van der Waals surface area contributed by atoms with E-state index in [0.29, 0.717) is 24.2 Å². The number of hydrogen-bond acceptors (Lipinski definition) is 5. The Morgan fingerprint density at radius 2 is 2.17 bits per heavy atom. The highest BCUT2D eigenvalue weighted by molar-refractivity contribution is 7.09. The molecule has 24 heavy (non-hydrogen) atoms. The first-order valence-electron chi connectivity index (χ1n) is 8.33. The average molecular weight is 347 g/mol. The first-order chi connectivity index (χ1) is 11.8. The molecule has 1 aliphatic rings. The molecule has 1 aromatic heterocycles. The zero-order chi connectivity index (χ0) is 16.9. The van der Waals surface area contributed by atoms with Crippen LogP contribution >= 0.6 is 11.3 Å². The smallest absolute Gasteiger partial charge is 0.203 e. The molecule has 1 aromatic carbocycles. The van der Waals surface area contributed by atoms with Crippen LogP contribution in [0.5, 0.6) is 17.2 Å². The van der Waals surface area contributed by atoms with Gasteiger partial charge in [-0.1, -0.05) is 12.1 Å². The van der Waals surface area contributed by atoms with Crippen LogP contribution in [0.2, 0.25) is 0 Å². The van der Waals surface area contributed by atoms with E-state index < -0.39 is 0 Å². The maximum atomic E-state index is 5.96. The van der Waals surface area contributed by atoms with Crippen molar-refractivity contribution < 1.29 is 14.2 Å². The van der Waals surface area contributed by atoms with Gasteiger partial charge in [0.1, 0.15) is 0 Å². The molecule has 0 bridgehead atoms. The van der Waals surface area contributed by atoms with Gasteiger partial charge in [-0.3, -0.25) is 0 Å². The standard InChI is InChI=1S/C19H25NO3S/c1-20-12-13(11-14-5-4-10-24-14)15-8-9-23-18-16(15)6-7-17(21-2)19(18)22-3/h4-7,10,13,15,20H,8-9,11-12H2,1-3H3. The van der Waals surface area contributed by atoms with E-state index >= 15 is 0 Å². The Hall–Kier alpha value is -1.72. The maximum Gasteiger partial charge on any atom is 0.203 e. The minimum Gasteiger partial charge on any atom is -0.493 e. The molecule has 4 nitrogen and oxygen atoms in total. The van der Waals surface area contributed by atoms with Gasteiger partial charge in [-0.15, -0.1) is 11.3 Å². The Labute approximate surface area is 147 Å². The van der Waals surface area contributed by atoms with Gasteiger partial charge in [0, 0.05) is 10.4 Å². The quantitative estimate of drug-likeness (QED) is 0.829. The summed E-state index contributed by atoms with van der Waals surface area (Å²) in [4.78, 5) is 1.43. The second-order valence-corrected chi connectivity index (χ2v) is 7.10. The molecule has 2 aromatic rings. The molecular weight excluding hydrogens is 322 g/mol. The molecule has 0 aliphatic carbocycles. The van der Waals surface area contributed by atoms with Crippen LogP contribution in [0.15, 0.2) is 29.6 Å². The minimum absolute atomic E-state index is 0.447. The Bertz CT molecular complexity index is 657. The van der Waals surface area contributed by atoms with E-state index in [1.165, 1.54) is 10.4 Å². The van der Waals surface area contributed by atoms with Crippen LogP contribution in [-0.4, -0.2) is 34.4 Å². The van der Waals surface area contributed by atoms with Gasteiger partial charge < -0.3 is 19.5 Å². The van der Waals surface area contributed by atoms with E-state index in [-0.39, 0.29) is 0 Å². The Balaban J connectivity index is 1.94. The topological polar surface area (TPSA) is 39.7 Å². The normalized spacial score (nSPS) is 17.7. The fourth-order valence-electron chi connectivity index (χ4n) is 3.59. The van der Waals surface area contributed by atoms with Crippen molar-refractivity contribution in [2.45, 2.75) is 18.8 Å². The summed E-state index contributed by atoms with van der Waals surface area (Å²) in [5.74, 6) is 3.25. The van der Waals surface area contributed by atoms with Gasteiger partial charge in [0.15, 0.2) is 11.5 Å². The van der Waals surface area contributed by atoms with Crippen LogP contribution in [0.4, 0.5) is 0 Å². The number of thiophene rings is 1. The lowest BCUT2D eigenvalue weighted by Gasteiger charge is -2.33. The van der Waals surface area contributed by atoms with Crippen molar-refractivity contribution in [2.24, 2.45) is 5.92 Å². The van der Waals surface area contributed by atoms with Gasteiger partial charge in [0.25, 0.3) is 0 Å². The third-order valence-corrected chi connectivity index (χ3v) is 5.58. The number of ether oxygens (including phenoxy) is 3. The van der Waals surface area contributed by atoms with E-state index in [0.717, 1.165) is 30.9 Å². The average Bonchev–Trinajstić information content (AvgIpc) is 3.12. The van der Waals surface area contributed by atoms with Gasteiger partial charge in [-0.25, -0.2) is 0 Å². The summed E-state index contributed by atoms with van der Waals surface area (Å²) < 4.78 is 16.9. The van der Waals surface area contributed by atoms with Crippen LogP contribution in [0.3, 0.4) is 0 Å². The van der Waals surface area contributed by atoms with E-state index in [4.69, 9.17) is 14.2 Å². The molecule has 1 N–H and O–H groups in total. The zero-order valence-electron chi connectivity index (χ0n) is 14.5. The summed E-state index contributed by atoms with van der Waals surface area (Å²) in [6.45, 7) is 1.70. The highest BCUT2D eigenvalue weighted by Gasteiger charge is 2.32. The van der Waals surface area contributed by atoms with E-state index in [2.05, 4.69) is 28.9 Å². The lowest BCUT2D eigenvalue weighted by atomic mass is 9.79. The van der Waals surface area contributed by atoms with Gasteiger partial charge >= 0.3 is 0 Å². The Morgan fingerprint density at radius 1 is 1.29 bits per heavy atom. The third kappa shape index (κ3) is 3.37. The molecular formula is C19H25NO3S. The van der Waals surface area contributed by atoms with Crippen molar-refractivity contribution in [3.63, 3.8) is 0 Å². The van der Waals surface area contributed by atoms with E-state index in [1.807, 2.05) is 24.5 Å². The number of benzene rings is 1. The zero-order valence-corrected chi connectivity index (χ0v) is 15.3.